The van der Waals surface area contributed by atoms with E-state index in [0.717, 1.165) is 5.56 Å². The van der Waals surface area contributed by atoms with E-state index in [0.29, 0.717) is 23.3 Å². The maximum atomic E-state index is 13.7. The van der Waals surface area contributed by atoms with Crippen molar-refractivity contribution < 1.29 is 22.0 Å². The Bertz CT molecular complexity index is 1040. The van der Waals surface area contributed by atoms with Crippen molar-refractivity contribution >= 4 is 12.0 Å². The lowest BCUT2D eigenvalue weighted by Gasteiger charge is -2.10. The normalized spacial score (nSPS) is 11.2. The number of benzene rings is 2. The van der Waals surface area contributed by atoms with Crippen LogP contribution in [0.25, 0.3) is 11.4 Å². The van der Waals surface area contributed by atoms with E-state index in [2.05, 4.69) is 20.5 Å². The minimum absolute atomic E-state index is 0.228. The fourth-order valence-corrected chi connectivity index (χ4v) is 2.35. The molecular formula is C19H13F5N4. The van der Waals surface area contributed by atoms with Crippen LogP contribution in [0, 0.1) is 42.9 Å². The smallest absolute Gasteiger partial charge is 0.200 e. The van der Waals surface area contributed by atoms with Crippen molar-refractivity contribution in [2.75, 3.05) is 5.43 Å². The molecule has 0 atom stereocenters. The van der Waals surface area contributed by atoms with Crippen molar-refractivity contribution in [2.24, 2.45) is 5.10 Å². The van der Waals surface area contributed by atoms with Gasteiger partial charge in [-0.1, -0.05) is 30.3 Å². The molecule has 0 spiro atoms. The van der Waals surface area contributed by atoms with Crippen molar-refractivity contribution in [3.8, 4) is 11.4 Å². The summed E-state index contributed by atoms with van der Waals surface area (Å²) in [6.45, 7) is 3.43. The van der Waals surface area contributed by atoms with E-state index in [1.54, 1.807) is 26.0 Å². The first-order valence-corrected chi connectivity index (χ1v) is 8.02. The second kappa shape index (κ2) is 7.71. The van der Waals surface area contributed by atoms with E-state index < -0.39 is 34.6 Å². The standard InChI is InChI=1S/C19H13F5N4/c1-9-10(2)26-19(11-6-4-3-5-7-11)27-18(9)28-25-8-12-13(20)15(22)17(24)16(23)14(12)21/h3-8H,1-2H3,(H,26,27,28). The van der Waals surface area contributed by atoms with Gasteiger partial charge in [0.05, 0.1) is 11.8 Å². The Morgan fingerprint density at radius 3 is 2.00 bits per heavy atom. The van der Waals surface area contributed by atoms with Crippen LogP contribution < -0.4 is 5.43 Å². The number of rotatable bonds is 4. The number of hydrogen-bond acceptors (Lipinski definition) is 4. The fourth-order valence-electron chi connectivity index (χ4n) is 2.35. The van der Waals surface area contributed by atoms with Gasteiger partial charge in [0.2, 0.25) is 5.82 Å². The van der Waals surface area contributed by atoms with Crippen LogP contribution in [0.15, 0.2) is 35.4 Å². The molecule has 0 radical (unpaired) electrons. The molecule has 0 amide bonds. The van der Waals surface area contributed by atoms with Gasteiger partial charge in [0.1, 0.15) is 0 Å². The van der Waals surface area contributed by atoms with Gasteiger partial charge in [-0.05, 0) is 13.8 Å². The highest BCUT2D eigenvalue weighted by Gasteiger charge is 2.24. The van der Waals surface area contributed by atoms with Crippen LogP contribution in [0.3, 0.4) is 0 Å². The summed E-state index contributed by atoms with van der Waals surface area (Å²) in [6, 6.07) is 9.04. The monoisotopic (exact) mass is 392 g/mol. The molecule has 3 aromatic rings. The van der Waals surface area contributed by atoms with E-state index in [9.17, 15) is 22.0 Å². The van der Waals surface area contributed by atoms with Crippen molar-refractivity contribution in [1.82, 2.24) is 9.97 Å². The summed E-state index contributed by atoms with van der Waals surface area (Å²) >= 11 is 0. The molecule has 0 aliphatic carbocycles. The third-order valence-electron chi connectivity index (χ3n) is 4.03. The zero-order chi connectivity index (χ0) is 20.4. The Kier molecular flexibility index (Phi) is 5.34. The first kappa shape index (κ1) is 19.4. The largest absolute Gasteiger partial charge is 0.261 e. The van der Waals surface area contributed by atoms with E-state index in [1.165, 1.54) is 0 Å². The average Bonchev–Trinajstić information content (AvgIpc) is 2.71. The van der Waals surface area contributed by atoms with Crippen molar-refractivity contribution in [3.05, 3.63) is 76.2 Å². The predicted octanol–water partition coefficient (Wildman–Crippen LogP) is 4.90. The lowest BCUT2D eigenvalue weighted by Crippen LogP contribution is -2.08. The predicted molar refractivity (Wildman–Crippen MR) is 94.4 cm³/mol. The Labute approximate surface area is 156 Å². The molecule has 9 heteroatoms. The van der Waals surface area contributed by atoms with Gasteiger partial charge in [-0.25, -0.2) is 31.9 Å². The first-order valence-electron chi connectivity index (χ1n) is 8.02. The number of anilines is 1. The molecule has 4 nitrogen and oxygen atoms in total. The van der Waals surface area contributed by atoms with Crippen molar-refractivity contribution in [2.45, 2.75) is 13.8 Å². The number of hydrogen-bond donors (Lipinski definition) is 1. The minimum Gasteiger partial charge on any atom is -0.261 e. The molecule has 1 heterocycles. The number of aryl methyl sites for hydroxylation is 1. The quantitative estimate of drug-likeness (QED) is 0.226. The number of aromatic nitrogens is 2. The highest BCUT2D eigenvalue weighted by Crippen LogP contribution is 2.23. The summed E-state index contributed by atoms with van der Waals surface area (Å²) in [6.07, 6.45) is 0.509. The van der Waals surface area contributed by atoms with Crippen LogP contribution in [0.5, 0.6) is 0 Å². The number of hydrazone groups is 1. The highest BCUT2D eigenvalue weighted by atomic mass is 19.2. The van der Waals surface area contributed by atoms with Gasteiger partial charge in [-0.3, -0.25) is 5.43 Å². The second-order valence-electron chi connectivity index (χ2n) is 5.83. The molecule has 2 aromatic carbocycles. The fraction of sp³-hybridized carbons (Fsp3) is 0.105. The molecule has 0 fully saturated rings. The summed E-state index contributed by atoms with van der Waals surface area (Å²) in [5.41, 5.74) is 3.28. The van der Waals surface area contributed by atoms with Crippen LogP contribution in [0.2, 0.25) is 0 Å². The minimum atomic E-state index is -2.23. The first-order chi connectivity index (χ1) is 13.3. The summed E-state index contributed by atoms with van der Waals surface area (Å²) < 4.78 is 67.0. The Morgan fingerprint density at radius 2 is 1.39 bits per heavy atom. The molecule has 1 aromatic heterocycles. The maximum absolute atomic E-state index is 13.7. The molecule has 3 rings (SSSR count). The molecule has 0 aliphatic rings. The van der Waals surface area contributed by atoms with E-state index >= 15 is 0 Å². The summed E-state index contributed by atoms with van der Waals surface area (Å²) in [5.74, 6) is -9.63. The van der Waals surface area contributed by atoms with Crippen LogP contribution in [0.1, 0.15) is 16.8 Å². The van der Waals surface area contributed by atoms with Gasteiger partial charge >= 0.3 is 0 Å². The topological polar surface area (TPSA) is 50.2 Å². The van der Waals surface area contributed by atoms with Gasteiger partial charge < -0.3 is 0 Å². The molecule has 0 saturated carbocycles. The number of nitrogens with one attached hydrogen (secondary N) is 1. The SMILES string of the molecule is Cc1nc(-c2ccccc2)nc(NN=Cc2c(F)c(F)c(F)c(F)c2F)c1C. The van der Waals surface area contributed by atoms with Gasteiger partial charge in [-0.2, -0.15) is 5.10 Å². The molecule has 0 unspecified atom stereocenters. The van der Waals surface area contributed by atoms with Crippen LogP contribution in [-0.2, 0) is 0 Å². The number of nitrogens with zero attached hydrogens (tertiary/aromatic N) is 3. The summed E-state index contributed by atoms with van der Waals surface area (Å²) in [5, 5.41) is 3.58. The van der Waals surface area contributed by atoms with E-state index in [1.807, 2.05) is 18.2 Å². The Hall–Kier alpha value is -3.36. The number of halogens is 5. The summed E-state index contributed by atoms with van der Waals surface area (Å²) in [4.78, 5) is 8.66. The zero-order valence-corrected chi connectivity index (χ0v) is 14.7. The highest BCUT2D eigenvalue weighted by molar-refractivity contribution is 5.81. The molecular weight excluding hydrogens is 379 g/mol. The van der Waals surface area contributed by atoms with Crippen LogP contribution >= 0.6 is 0 Å². The lowest BCUT2D eigenvalue weighted by molar-refractivity contribution is 0.377. The zero-order valence-electron chi connectivity index (χ0n) is 14.7. The molecule has 0 aliphatic heterocycles. The van der Waals surface area contributed by atoms with Gasteiger partial charge in [0.15, 0.2) is 34.9 Å². The maximum Gasteiger partial charge on any atom is 0.200 e. The van der Waals surface area contributed by atoms with Gasteiger partial charge in [-0.15, -0.1) is 0 Å². The summed E-state index contributed by atoms with van der Waals surface area (Å²) in [7, 11) is 0. The van der Waals surface area contributed by atoms with Crippen molar-refractivity contribution in [3.63, 3.8) is 0 Å². The van der Waals surface area contributed by atoms with E-state index in [-0.39, 0.29) is 5.82 Å². The van der Waals surface area contributed by atoms with Crippen LogP contribution in [0.4, 0.5) is 27.8 Å². The van der Waals surface area contributed by atoms with Gasteiger partial charge in [0.25, 0.3) is 0 Å². The Morgan fingerprint density at radius 1 is 0.821 bits per heavy atom. The molecule has 1 N–H and O–H groups in total. The lowest BCUT2D eigenvalue weighted by atomic mass is 10.2. The van der Waals surface area contributed by atoms with E-state index in [4.69, 9.17) is 0 Å². The molecule has 28 heavy (non-hydrogen) atoms. The van der Waals surface area contributed by atoms with Crippen molar-refractivity contribution in [1.29, 1.82) is 0 Å². The third kappa shape index (κ3) is 3.55. The van der Waals surface area contributed by atoms with Crippen LogP contribution in [-0.4, -0.2) is 16.2 Å². The molecule has 144 valence electrons. The molecule has 0 saturated heterocycles. The second-order valence-corrected chi connectivity index (χ2v) is 5.83. The Balaban J connectivity index is 1.95. The average molecular weight is 392 g/mol. The molecule has 0 bridgehead atoms. The third-order valence-corrected chi connectivity index (χ3v) is 4.03. The van der Waals surface area contributed by atoms with Gasteiger partial charge in [0, 0.05) is 16.8 Å².